The number of amides is 1. The largest absolute Gasteiger partial charge is 0.316 e. The van der Waals surface area contributed by atoms with Crippen molar-refractivity contribution < 1.29 is 4.79 Å². The van der Waals surface area contributed by atoms with Gasteiger partial charge in [0.05, 0.1) is 6.54 Å². The fourth-order valence-electron chi connectivity index (χ4n) is 2.38. The Balaban J connectivity index is 1.95. The van der Waals surface area contributed by atoms with Crippen LogP contribution in [0.4, 0.5) is 5.69 Å². The SMILES string of the molecule is NC1C(=O)N(Cc2ccc(Cl)cc2)c2ccc(Cl)cc21. The number of halogens is 2. The second-order valence-corrected chi connectivity index (χ2v) is 5.60. The van der Waals surface area contributed by atoms with Gasteiger partial charge in [0.1, 0.15) is 6.04 Å². The summed E-state index contributed by atoms with van der Waals surface area (Å²) in [5, 5.41) is 1.26. The predicted octanol–water partition coefficient (Wildman–Crippen LogP) is 3.54. The molecule has 1 aliphatic heterocycles. The molecule has 0 fully saturated rings. The predicted molar refractivity (Wildman–Crippen MR) is 81.0 cm³/mol. The van der Waals surface area contributed by atoms with E-state index < -0.39 is 6.04 Å². The number of anilines is 1. The maximum absolute atomic E-state index is 12.3. The summed E-state index contributed by atoms with van der Waals surface area (Å²) < 4.78 is 0. The second kappa shape index (κ2) is 5.09. The smallest absolute Gasteiger partial charge is 0.248 e. The van der Waals surface area contributed by atoms with Crippen molar-refractivity contribution >= 4 is 34.8 Å². The first-order chi connectivity index (χ1) is 9.56. The van der Waals surface area contributed by atoms with Gasteiger partial charge in [0.15, 0.2) is 0 Å². The van der Waals surface area contributed by atoms with Gasteiger partial charge >= 0.3 is 0 Å². The molecule has 1 heterocycles. The van der Waals surface area contributed by atoms with E-state index in [2.05, 4.69) is 0 Å². The van der Waals surface area contributed by atoms with Gasteiger partial charge in [-0.1, -0.05) is 35.3 Å². The lowest BCUT2D eigenvalue weighted by Crippen LogP contribution is -2.31. The van der Waals surface area contributed by atoms with Gasteiger partial charge in [-0.2, -0.15) is 0 Å². The fraction of sp³-hybridized carbons (Fsp3) is 0.133. The highest BCUT2D eigenvalue weighted by Gasteiger charge is 2.34. The Labute approximate surface area is 126 Å². The third-order valence-electron chi connectivity index (χ3n) is 3.40. The van der Waals surface area contributed by atoms with Crippen LogP contribution >= 0.6 is 23.2 Å². The average Bonchev–Trinajstić information content (AvgIpc) is 2.66. The van der Waals surface area contributed by atoms with Crippen LogP contribution in [0.2, 0.25) is 10.0 Å². The number of fused-ring (bicyclic) bond motifs is 1. The zero-order chi connectivity index (χ0) is 14.3. The van der Waals surface area contributed by atoms with Crippen molar-refractivity contribution in [2.75, 3.05) is 4.90 Å². The van der Waals surface area contributed by atoms with Gasteiger partial charge in [0.2, 0.25) is 5.91 Å². The Morgan fingerprint density at radius 3 is 2.40 bits per heavy atom. The molecule has 0 bridgehead atoms. The molecule has 2 aromatic carbocycles. The van der Waals surface area contributed by atoms with Crippen molar-refractivity contribution in [1.82, 2.24) is 0 Å². The third-order valence-corrected chi connectivity index (χ3v) is 3.89. The van der Waals surface area contributed by atoms with E-state index in [0.717, 1.165) is 16.8 Å². The van der Waals surface area contributed by atoms with E-state index in [1.165, 1.54) is 0 Å². The van der Waals surface area contributed by atoms with E-state index in [4.69, 9.17) is 28.9 Å². The fourth-order valence-corrected chi connectivity index (χ4v) is 2.68. The standard InChI is InChI=1S/C15H12Cl2N2O/c16-10-3-1-9(2-4-10)8-19-13-6-5-11(17)7-12(13)14(18)15(19)20/h1-7,14H,8,18H2. The van der Waals surface area contributed by atoms with Crippen LogP contribution in [0.15, 0.2) is 42.5 Å². The van der Waals surface area contributed by atoms with E-state index in [0.29, 0.717) is 16.6 Å². The number of nitrogens with zero attached hydrogens (tertiary/aromatic N) is 1. The quantitative estimate of drug-likeness (QED) is 0.922. The first-order valence-electron chi connectivity index (χ1n) is 6.17. The Morgan fingerprint density at radius 2 is 1.70 bits per heavy atom. The summed E-state index contributed by atoms with van der Waals surface area (Å²) in [7, 11) is 0. The van der Waals surface area contributed by atoms with Crippen LogP contribution in [-0.4, -0.2) is 5.91 Å². The summed E-state index contributed by atoms with van der Waals surface area (Å²) in [5.74, 6) is -0.114. The molecule has 3 rings (SSSR count). The summed E-state index contributed by atoms with van der Waals surface area (Å²) in [4.78, 5) is 14.0. The molecule has 2 aromatic rings. The summed E-state index contributed by atoms with van der Waals surface area (Å²) in [5.41, 5.74) is 8.55. The van der Waals surface area contributed by atoms with E-state index in [-0.39, 0.29) is 5.91 Å². The summed E-state index contributed by atoms with van der Waals surface area (Å²) in [6.45, 7) is 0.471. The molecule has 1 unspecified atom stereocenters. The minimum absolute atomic E-state index is 0.114. The van der Waals surface area contributed by atoms with Crippen molar-refractivity contribution in [3.8, 4) is 0 Å². The van der Waals surface area contributed by atoms with E-state index >= 15 is 0 Å². The highest BCUT2D eigenvalue weighted by atomic mass is 35.5. The topological polar surface area (TPSA) is 46.3 Å². The van der Waals surface area contributed by atoms with Crippen molar-refractivity contribution in [2.24, 2.45) is 5.73 Å². The molecule has 0 saturated heterocycles. The molecular weight excluding hydrogens is 295 g/mol. The van der Waals surface area contributed by atoms with Gasteiger partial charge in [0, 0.05) is 21.3 Å². The summed E-state index contributed by atoms with van der Waals surface area (Å²) in [6, 6.07) is 12.1. The molecule has 1 amide bonds. The van der Waals surface area contributed by atoms with Gasteiger partial charge in [-0.05, 0) is 35.9 Å². The molecule has 20 heavy (non-hydrogen) atoms. The highest BCUT2D eigenvalue weighted by Crippen LogP contribution is 2.37. The number of carbonyl (C=O) groups is 1. The molecule has 2 N–H and O–H groups in total. The molecule has 0 aromatic heterocycles. The van der Waals surface area contributed by atoms with Gasteiger partial charge in [-0.25, -0.2) is 0 Å². The number of rotatable bonds is 2. The van der Waals surface area contributed by atoms with E-state index in [1.807, 2.05) is 18.2 Å². The number of hydrogen-bond donors (Lipinski definition) is 1. The van der Waals surface area contributed by atoms with Crippen LogP contribution in [0.5, 0.6) is 0 Å². The molecule has 0 radical (unpaired) electrons. The Bertz CT molecular complexity index is 670. The molecule has 5 heteroatoms. The monoisotopic (exact) mass is 306 g/mol. The lowest BCUT2D eigenvalue weighted by atomic mass is 10.1. The number of nitrogens with two attached hydrogens (primary N) is 1. The molecule has 0 aliphatic carbocycles. The molecule has 0 spiro atoms. The molecule has 0 saturated carbocycles. The van der Waals surface area contributed by atoms with Crippen molar-refractivity contribution in [1.29, 1.82) is 0 Å². The lowest BCUT2D eigenvalue weighted by Gasteiger charge is -2.17. The molecule has 102 valence electrons. The minimum Gasteiger partial charge on any atom is -0.316 e. The van der Waals surface area contributed by atoms with Crippen LogP contribution < -0.4 is 10.6 Å². The van der Waals surface area contributed by atoms with Gasteiger partial charge in [0.25, 0.3) is 0 Å². The number of carbonyl (C=O) groups excluding carboxylic acids is 1. The molecule has 1 atom stereocenters. The lowest BCUT2D eigenvalue weighted by molar-refractivity contribution is -0.119. The van der Waals surface area contributed by atoms with Gasteiger partial charge in [-0.3, -0.25) is 4.79 Å². The third kappa shape index (κ3) is 2.29. The summed E-state index contributed by atoms with van der Waals surface area (Å²) >= 11 is 11.8. The number of hydrogen-bond acceptors (Lipinski definition) is 2. The highest BCUT2D eigenvalue weighted by molar-refractivity contribution is 6.31. The molecule has 3 nitrogen and oxygen atoms in total. The Hall–Kier alpha value is -1.55. The normalized spacial score (nSPS) is 17.4. The van der Waals surface area contributed by atoms with Crippen molar-refractivity contribution in [3.63, 3.8) is 0 Å². The van der Waals surface area contributed by atoms with Crippen LogP contribution in [-0.2, 0) is 11.3 Å². The Kier molecular flexibility index (Phi) is 3.42. The van der Waals surface area contributed by atoms with Crippen LogP contribution in [0, 0.1) is 0 Å². The van der Waals surface area contributed by atoms with E-state index in [1.54, 1.807) is 29.2 Å². The first-order valence-corrected chi connectivity index (χ1v) is 6.93. The molecular formula is C15H12Cl2N2O. The second-order valence-electron chi connectivity index (χ2n) is 4.73. The number of benzene rings is 2. The van der Waals surface area contributed by atoms with Crippen molar-refractivity contribution in [3.05, 3.63) is 63.6 Å². The van der Waals surface area contributed by atoms with E-state index in [9.17, 15) is 4.79 Å². The van der Waals surface area contributed by atoms with Gasteiger partial charge < -0.3 is 10.6 Å². The molecule has 1 aliphatic rings. The van der Waals surface area contributed by atoms with Crippen molar-refractivity contribution in [2.45, 2.75) is 12.6 Å². The van der Waals surface area contributed by atoms with Crippen LogP contribution in [0.1, 0.15) is 17.2 Å². The minimum atomic E-state index is -0.643. The first kappa shape index (κ1) is 13.4. The van der Waals surface area contributed by atoms with Crippen LogP contribution in [0.25, 0.3) is 0 Å². The van der Waals surface area contributed by atoms with Crippen LogP contribution in [0.3, 0.4) is 0 Å². The maximum Gasteiger partial charge on any atom is 0.248 e. The average molecular weight is 307 g/mol. The zero-order valence-corrected chi connectivity index (χ0v) is 12.0. The maximum atomic E-state index is 12.3. The summed E-state index contributed by atoms with van der Waals surface area (Å²) in [6.07, 6.45) is 0. The Morgan fingerprint density at radius 1 is 1.05 bits per heavy atom. The zero-order valence-electron chi connectivity index (χ0n) is 10.5. The van der Waals surface area contributed by atoms with Gasteiger partial charge in [-0.15, -0.1) is 0 Å².